The number of amides is 1. The monoisotopic (exact) mass is 427 g/mol. The molecule has 1 amide bonds. The van der Waals surface area contributed by atoms with E-state index in [-0.39, 0.29) is 17.6 Å². The number of pyridine rings is 1. The van der Waals surface area contributed by atoms with E-state index in [1.165, 1.54) is 11.3 Å². The average molecular weight is 428 g/mol. The van der Waals surface area contributed by atoms with E-state index >= 15 is 0 Å². The lowest BCUT2D eigenvalue weighted by atomic mass is 10.1. The molecule has 0 radical (unpaired) electrons. The van der Waals surface area contributed by atoms with E-state index in [0.717, 1.165) is 22.5 Å². The first-order valence-electron chi connectivity index (χ1n) is 8.97. The second-order valence-electron chi connectivity index (χ2n) is 6.61. The maximum absolute atomic E-state index is 12.1. The topological polar surface area (TPSA) is 72.4 Å². The Morgan fingerprint density at radius 1 is 1.24 bits per heavy atom. The van der Waals surface area contributed by atoms with Gasteiger partial charge in [0, 0.05) is 18.0 Å². The summed E-state index contributed by atoms with van der Waals surface area (Å²) in [7, 11) is 0. The van der Waals surface area contributed by atoms with Crippen LogP contribution in [-0.2, 0) is 4.84 Å². The van der Waals surface area contributed by atoms with Crippen molar-refractivity contribution in [3.8, 4) is 5.69 Å². The average Bonchev–Trinajstić information content (AvgIpc) is 3.36. The van der Waals surface area contributed by atoms with E-state index < -0.39 is 0 Å². The smallest absolute Gasteiger partial charge is 0.261 e. The summed E-state index contributed by atoms with van der Waals surface area (Å²) in [5.41, 5.74) is 6.28. The summed E-state index contributed by atoms with van der Waals surface area (Å²) in [4.78, 5) is 30.3. The van der Waals surface area contributed by atoms with Crippen molar-refractivity contribution in [1.29, 1.82) is 0 Å². The van der Waals surface area contributed by atoms with Gasteiger partial charge >= 0.3 is 0 Å². The number of carbonyl (C=O) groups is 1. The molecule has 0 bridgehead atoms. The van der Waals surface area contributed by atoms with Crippen molar-refractivity contribution in [2.75, 3.05) is 6.54 Å². The lowest BCUT2D eigenvalue weighted by Gasteiger charge is -2.09. The van der Waals surface area contributed by atoms with Crippen molar-refractivity contribution in [3.05, 3.63) is 91.5 Å². The van der Waals surface area contributed by atoms with Gasteiger partial charge in [-0.1, -0.05) is 23.7 Å². The second kappa shape index (κ2) is 8.24. The van der Waals surface area contributed by atoms with E-state index in [0.29, 0.717) is 15.8 Å². The Hall–Kier alpha value is -2.87. The molecule has 4 rings (SSSR count). The molecule has 1 aromatic carbocycles. The summed E-state index contributed by atoms with van der Waals surface area (Å²) in [5, 5.41) is 2.83. The summed E-state index contributed by atoms with van der Waals surface area (Å²) in [5.74, 6) is -0.180. The molecule has 3 aromatic rings. The number of rotatable bonds is 5. The van der Waals surface area contributed by atoms with Gasteiger partial charge in [-0.2, -0.15) is 0 Å². The van der Waals surface area contributed by atoms with Gasteiger partial charge in [0.15, 0.2) is 0 Å². The van der Waals surface area contributed by atoms with Crippen molar-refractivity contribution < 1.29 is 9.63 Å². The number of hydroxylamine groups is 1. The van der Waals surface area contributed by atoms with E-state index in [4.69, 9.17) is 16.4 Å². The van der Waals surface area contributed by atoms with E-state index in [9.17, 15) is 9.59 Å². The number of nitrogens with zero attached hydrogens (tertiary/aromatic N) is 1. The highest BCUT2D eigenvalue weighted by molar-refractivity contribution is 7.17. The van der Waals surface area contributed by atoms with Gasteiger partial charge in [0.25, 0.3) is 11.5 Å². The molecule has 0 saturated heterocycles. The molecule has 0 fully saturated rings. The molecule has 0 saturated carbocycles. The molecule has 0 spiro atoms. The Kier molecular flexibility index (Phi) is 5.53. The summed E-state index contributed by atoms with van der Waals surface area (Å²) in [6, 6.07) is 14.5. The van der Waals surface area contributed by atoms with Gasteiger partial charge in [-0.3, -0.25) is 24.5 Å². The van der Waals surface area contributed by atoms with Gasteiger partial charge < -0.3 is 5.32 Å². The van der Waals surface area contributed by atoms with Crippen LogP contribution in [0.4, 0.5) is 0 Å². The highest BCUT2D eigenvalue weighted by atomic mass is 35.5. The molecule has 0 aliphatic carbocycles. The molecule has 148 valence electrons. The van der Waals surface area contributed by atoms with Crippen molar-refractivity contribution in [2.45, 2.75) is 13.0 Å². The number of aromatic nitrogens is 1. The van der Waals surface area contributed by atoms with Crippen LogP contribution in [0, 0.1) is 6.92 Å². The predicted octanol–water partition coefficient (Wildman–Crippen LogP) is 3.54. The number of carbonyl (C=O) groups excluding carboxylic acids is 1. The van der Waals surface area contributed by atoms with E-state index in [1.807, 2.05) is 43.3 Å². The fourth-order valence-electron chi connectivity index (χ4n) is 2.96. The zero-order valence-corrected chi connectivity index (χ0v) is 17.1. The Morgan fingerprint density at radius 3 is 2.72 bits per heavy atom. The number of halogens is 1. The van der Waals surface area contributed by atoms with Crippen LogP contribution in [0.25, 0.3) is 11.4 Å². The number of benzene rings is 1. The maximum Gasteiger partial charge on any atom is 0.261 e. The van der Waals surface area contributed by atoms with Gasteiger partial charge in [-0.15, -0.1) is 11.3 Å². The van der Waals surface area contributed by atoms with Gasteiger partial charge in [0.05, 0.1) is 21.5 Å². The van der Waals surface area contributed by atoms with Crippen molar-refractivity contribution >= 4 is 34.5 Å². The number of hydrogen-bond donors (Lipinski definition) is 2. The molecule has 1 aliphatic rings. The molecule has 1 atom stereocenters. The fraction of sp³-hybridized carbons (Fsp3) is 0.143. The van der Waals surface area contributed by atoms with E-state index in [1.54, 1.807) is 29.0 Å². The third kappa shape index (κ3) is 4.42. The largest absolute Gasteiger partial charge is 0.348 e. The summed E-state index contributed by atoms with van der Waals surface area (Å²) in [6.45, 7) is 2.23. The zero-order valence-electron chi connectivity index (χ0n) is 15.5. The highest BCUT2D eigenvalue weighted by Crippen LogP contribution is 2.22. The van der Waals surface area contributed by atoms with Crippen LogP contribution in [-0.4, -0.2) is 23.1 Å². The molecule has 2 aromatic heterocycles. The third-order valence-corrected chi connectivity index (χ3v) is 5.70. The summed E-state index contributed by atoms with van der Waals surface area (Å²) in [6.07, 6.45) is 3.39. The van der Waals surface area contributed by atoms with Crippen LogP contribution in [0.5, 0.6) is 0 Å². The van der Waals surface area contributed by atoms with Crippen LogP contribution in [0.1, 0.15) is 20.8 Å². The lowest BCUT2D eigenvalue weighted by Crippen LogP contribution is -2.31. The molecule has 6 nitrogen and oxygen atoms in total. The van der Waals surface area contributed by atoms with Crippen LogP contribution >= 0.6 is 22.9 Å². The van der Waals surface area contributed by atoms with Crippen LogP contribution in [0.2, 0.25) is 4.34 Å². The summed E-state index contributed by atoms with van der Waals surface area (Å²) < 4.78 is 2.17. The van der Waals surface area contributed by atoms with Gasteiger partial charge in [-0.05, 0) is 54.5 Å². The standard InChI is InChI=1S/C21H18ClN3O3S/c1-13-8-9-25(20(26)10-13)15-4-2-14(3-5-15)17-11-16(28-24-17)12-23-21(27)18-6-7-19(22)29-18/h2-11,16,24H,12H2,1H3,(H,23,27). The van der Waals surface area contributed by atoms with Crippen molar-refractivity contribution in [2.24, 2.45) is 0 Å². The normalized spacial score (nSPS) is 15.7. The first-order valence-corrected chi connectivity index (χ1v) is 10.2. The minimum Gasteiger partial charge on any atom is -0.348 e. The quantitative estimate of drug-likeness (QED) is 0.653. The number of thiophene rings is 1. The molecule has 3 heterocycles. The third-order valence-electron chi connectivity index (χ3n) is 4.47. The fourth-order valence-corrected chi connectivity index (χ4v) is 3.92. The number of aryl methyl sites for hydroxylation is 1. The minimum absolute atomic E-state index is 0.0675. The Balaban J connectivity index is 1.41. The Labute approximate surface area is 176 Å². The molecule has 2 N–H and O–H groups in total. The van der Waals surface area contributed by atoms with Gasteiger partial charge in [-0.25, -0.2) is 0 Å². The lowest BCUT2D eigenvalue weighted by molar-refractivity contribution is 0.0499. The van der Waals surface area contributed by atoms with Crippen LogP contribution in [0.3, 0.4) is 0 Å². The van der Waals surface area contributed by atoms with Crippen LogP contribution < -0.4 is 16.4 Å². The van der Waals surface area contributed by atoms with Crippen LogP contribution in [0.15, 0.2) is 65.6 Å². The highest BCUT2D eigenvalue weighted by Gasteiger charge is 2.19. The first-order chi connectivity index (χ1) is 14.0. The predicted molar refractivity (Wildman–Crippen MR) is 114 cm³/mol. The Morgan fingerprint density at radius 2 is 2.03 bits per heavy atom. The molecule has 29 heavy (non-hydrogen) atoms. The number of hydrogen-bond acceptors (Lipinski definition) is 5. The van der Waals surface area contributed by atoms with Crippen molar-refractivity contribution in [1.82, 2.24) is 15.4 Å². The van der Waals surface area contributed by atoms with Gasteiger partial charge in [0.1, 0.15) is 6.10 Å². The Bertz CT molecular complexity index is 1130. The van der Waals surface area contributed by atoms with E-state index in [2.05, 4.69) is 10.8 Å². The molecular formula is C21H18ClN3O3S. The number of nitrogens with one attached hydrogen (secondary N) is 2. The molecular weight excluding hydrogens is 410 g/mol. The SMILES string of the molecule is Cc1ccn(-c2ccc(C3=CC(CNC(=O)c4ccc(Cl)s4)ON3)cc2)c(=O)c1. The second-order valence-corrected chi connectivity index (χ2v) is 8.33. The van der Waals surface area contributed by atoms with Crippen molar-refractivity contribution in [3.63, 3.8) is 0 Å². The molecule has 8 heteroatoms. The summed E-state index contributed by atoms with van der Waals surface area (Å²) >= 11 is 7.09. The molecule has 1 unspecified atom stereocenters. The van der Waals surface area contributed by atoms with Gasteiger partial charge in [0.2, 0.25) is 0 Å². The molecule has 1 aliphatic heterocycles. The zero-order chi connectivity index (χ0) is 20.4. The minimum atomic E-state index is -0.288. The first kappa shape index (κ1) is 19.4. The maximum atomic E-state index is 12.1.